The first-order chi connectivity index (χ1) is 12.7. The van der Waals surface area contributed by atoms with Crippen molar-refractivity contribution < 1.29 is 14.6 Å². The predicted octanol–water partition coefficient (Wildman–Crippen LogP) is 4.68. The first-order valence-electron chi connectivity index (χ1n) is 9.18. The topological polar surface area (TPSA) is 50.7 Å². The van der Waals surface area contributed by atoms with E-state index in [9.17, 15) is 0 Å². The molecule has 0 aromatic heterocycles. The largest absolute Gasteiger partial charge is 0.490 e. The van der Waals surface area contributed by atoms with Crippen LogP contribution < -0.4 is 14.8 Å². The minimum Gasteiger partial charge on any atom is -0.490 e. The number of aliphatic hydroxyl groups excluding tert-OH is 1. The summed E-state index contributed by atoms with van der Waals surface area (Å²) in [5.41, 5.74) is 2.27. The Labute approximate surface area is 164 Å². The molecule has 0 atom stereocenters. The zero-order valence-corrected chi connectivity index (χ0v) is 16.9. The van der Waals surface area contributed by atoms with Crippen LogP contribution in [0.3, 0.4) is 0 Å². The molecule has 0 fully saturated rings. The predicted molar refractivity (Wildman–Crippen MR) is 109 cm³/mol. The third-order valence-corrected chi connectivity index (χ3v) is 4.52. The van der Waals surface area contributed by atoms with Crippen molar-refractivity contribution in [3.8, 4) is 11.5 Å². The van der Waals surface area contributed by atoms with Gasteiger partial charge in [-0.15, -0.1) is 0 Å². The van der Waals surface area contributed by atoms with Crippen LogP contribution in [0.1, 0.15) is 37.3 Å². The highest BCUT2D eigenvalue weighted by molar-refractivity contribution is 9.10. The molecule has 0 saturated heterocycles. The van der Waals surface area contributed by atoms with Crippen LogP contribution in [0.4, 0.5) is 0 Å². The lowest BCUT2D eigenvalue weighted by atomic mass is 10.2. The molecule has 0 aliphatic heterocycles. The van der Waals surface area contributed by atoms with Crippen LogP contribution in [0.2, 0.25) is 0 Å². The molecule has 0 bridgehead atoms. The molecule has 0 unspecified atom stereocenters. The Bertz CT molecular complexity index is 649. The number of rotatable bonds is 12. The fraction of sp³-hybridized carbons (Fsp3) is 0.429. The zero-order chi connectivity index (χ0) is 18.6. The highest BCUT2D eigenvalue weighted by atomic mass is 79.9. The van der Waals surface area contributed by atoms with E-state index in [-0.39, 0.29) is 6.61 Å². The van der Waals surface area contributed by atoms with Gasteiger partial charge in [0.2, 0.25) is 0 Å². The summed E-state index contributed by atoms with van der Waals surface area (Å²) < 4.78 is 12.7. The van der Waals surface area contributed by atoms with Gasteiger partial charge in [-0.25, -0.2) is 0 Å². The van der Waals surface area contributed by atoms with Gasteiger partial charge in [-0.1, -0.05) is 30.3 Å². The lowest BCUT2D eigenvalue weighted by Crippen LogP contribution is -2.15. The van der Waals surface area contributed by atoms with Gasteiger partial charge in [0.1, 0.15) is 6.61 Å². The van der Waals surface area contributed by atoms with Gasteiger partial charge >= 0.3 is 0 Å². The summed E-state index contributed by atoms with van der Waals surface area (Å²) in [5.74, 6) is 1.50. The molecule has 0 heterocycles. The number of unbranched alkanes of at least 4 members (excludes halogenated alkanes) is 2. The number of nitrogens with one attached hydrogen (secondary N) is 1. The Morgan fingerprint density at radius 1 is 1.00 bits per heavy atom. The second-order valence-corrected chi connectivity index (χ2v) is 6.93. The smallest absolute Gasteiger partial charge is 0.175 e. The van der Waals surface area contributed by atoms with E-state index in [0.29, 0.717) is 13.2 Å². The van der Waals surface area contributed by atoms with Crippen molar-refractivity contribution in [3.63, 3.8) is 0 Å². The summed E-state index contributed by atoms with van der Waals surface area (Å²) in [6.07, 6.45) is 2.98. The van der Waals surface area contributed by atoms with Crippen LogP contribution in [-0.4, -0.2) is 24.9 Å². The molecule has 0 spiro atoms. The van der Waals surface area contributed by atoms with Crippen molar-refractivity contribution in [2.75, 3.05) is 19.8 Å². The summed E-state index contributed by atoms with van der Waals surface area (Å²) >= 11 is 3.62. The van der Waals surface area contributed by atoms with Gasteiger partial charge in [0.15, 0.2) is 11.5 Å². The lowest BCUT2D eigenvalue weighted by Gasteiger charge is -2.16. The van der Waals surface area contributed by atoms with Gasteiger partial charge in [0, 0.05) is 13.2 Å². The molecule has 26 heavy (non-hydrogen) atoms. The SMILES string of the molecule is CCOc1cc(CNCCCCCO)cc(Br)c1OCc1ccccc1. The molecule has 2 rings (SSSR count). The highest BCUT2D eigenvalue weighted by Gasteiger charge is 2.12. The molecular weight excluding hydrogens is 394 g/mol. The third kappa shape index (κ3) is 6.98. The van der Waals surface area contributed by atoms with E-state index in [1.165, 1.54) is 0 Å². The van der Waals surface area contributed by atoms with Crippen LogP contribution in [0.15, 0.2) is 46.9 Å². The average molecular weight is 422 g/mol. The fourth-order valence-corrected chi connectivity index (χ4v) is 3.23. The van der Waals surface area contributed by atoms with Crippen molar-refractivity contribution >= 4 is 15.9 Å². The number of hydrogen-bond donors (Lipinski definition) is 2. The monoisotopic (exact) mass is 421 g/mol. The van der Waals surface area contributed by atoms with Crippen molar-refractivity contribution in [1.82, 2.24) is 5.32 Å². The van der Waals surface area contributed by atoms with E-state index in [2.05, 4.69) is 27.3 Å². The van der Waals surface area contributed by atoms with Gasteiger partial charge in [-0.05, 0) is 71.9 Å². The Morgan fingerprint density at radius 3 is 2.54 bits per heavy atom. The van der Waals surface area contributed by atoms with Crippen molar-refractivity contribution in [2.45, 2.75) is 39.3 Å². The molecule has 142 valence electrons. The summed E-state index contributed by atoms with van der Waals surface area (Å²) in [7, 11) is 0. The Balaban J connectivity index is 1.97. The van der Waals surface area contributed by atoms with Gasteiger partial charge in [-0.3, -0.25) is 0 Å². The zero-order valence-electron chi connectivity index (χ0n) is 15.3. The second-order valence-electron chi connectivity index (χ2n) is 6.07. The molecule has 2 aromatic rings. The van der Waals surface area contributed by atoms with Crippen molar-refractivity contribution in [3.05, 3.63) is 58.1 Å². The number of benzene rings is 2. The maximum absolute atomic E-state index is 8.80. The first kappa shape index (κ1) is 20.7. The number of aliphatic hydroxyl groups is 1. The van der Waals surface area contributed by atoms with Crippen LogP contribution in [0, 0.1) is 0 Å². The quantitative estimate of drug-likeness (QED) is 0.488. The van der Waals surface area contributed by atoms with E-state index in [0.717, 1.165) is 59.5 Å². The summed E-state index contributed by atoms with van der Waals surface area (Å²) in [4.78, 5) is 0. The maximum atomic E-state index is 8.80. The third-order valence-electron chi connectivity index (χ3n) is 3.94. The van der Waals surface area contributed by atoms with Crippen LogP contribution in [-0.2, 0) is 13.2 Å². The molecule has 5 heteroatoms. The van der Waals surface area contributed by atoms with E-state index >= 15 is 0 Å². The second kappa shape index (κ2) is 11.9. The summed E-state index contributed by atoms with van der Waals surface area (Å²) in [5, 5.41) is 12.2. The lowest BCUT2D eigenvalue weighted by molar-refractivity contribution is 0.267. The fourth-order valence-electron chi connectivity index (χ4n) is 2.63. The van der Waals surface area contributed by atoms with E-state index in [1.807, 2.05) is 43.3 Å². The molecule has 0 aliphatic carbocycles. The van der Waals surface area contributed by atoms with Crippen LogP contribution in [0.5, 0.6) is 11.5 Å². The minimum atomic E-state index is 0.273. The maximum Gasteiger partial charge on any atom is 0.175 e. The van der Waals surface area contributed by atoms with Gasteiger partial charge in [-0.2, -0.15) is 0 Å². The number of hydrogen-bond acceptors (Lipinski definition) is 4. The minimum absolute atomic E-state index is 0.273. The normalized spacial score (nSPS) is 10.7. The molecule has 0 aliphatic rings. The first-order valence-corrected chi connectivity index (χ1v) is 9.97. The van der Waals surface area contributed by atoms with Crippen LogP contribution in [0.25, 0.3) is 0 Å². The number of halogens is 1. The molecule has 2 aromatic carbocycles. The van der Waals surface area contributed by atoms with E-state index in [1.54, 1.807) is 0 Å². The molecule has 2 N–H and O–H groups in total. The highest BCUT2D eigenvalue weighted by Crippen LogP contribution is 2.37. The van der Waals surface area contributed by atoms with Gasteiger partial charge < -0.3 is 19.9 Å². The van der Waals surface area contributed by atoms with Gasteiger partial charge in [0.05, 0.1) is 11.1 Å². The summed E-state index contributed by atoms with van der Waals surface area (Å²) in [6.45, 7) is 5.05. The average Bonchev–Trinajstić information content (AvgIpc) is 2.65. The number of ether oxygens (including phenoxy) is 2. The van der Waals surface area contributed by atoms with Gasteiger partial charge in [0.25, 0.3) is 0 Å². The molecule has 0 radical (unpaired) electrons. The Morgan fingerprint density at radius 2 is 1.81 bits per heavy atom. The van der Waals surface area contributed by atoms with Crippen LogP contribution >= 0.6 is 15.9 Å². The standard InChI is InChI=1S/C21H28BrNO3/c1-2-25-20-14-18(15-23-11-7-4-8-12-24)13-19(22)21(20)26-16-17-9-5-3-6-10-17/h3,5-6,9-10,13-14,23-24H,2,4,7-8,11-12,15-16H2,1H3. The summed E-state index contributed by atoms with van der Waals surface area (Å²) in [6, 6.07) is 14.2. The van der Waals surface area contributed by atoms with E-state index < -0.39 is 0 Å². The van der Waals surface area contributed by atoms with E-state index in [4.69, 9.17) is 14.6 Å². The molecule has 0 amide bonds. The Hall–Kier alpha value is -1.56. The molecular formula is C21H28BrNO3. The van der Waals surface area contributed by atoms with Crippen molar-refractivity contribution in [2.24, 2.45) is 0 Å². The Kier molecular flexibility index (Phi) is 9.53. The molecule has 0 saturated carbocycles. The van der Waals surface area contributed by atoms with Crippen molar-refractivity contribution in [1.29, 1.82) is 0 Å². The molecule has 4 nitrogen and oxygen atoms in total.